The van der Waals surface area contributed by atoms with Crippen molar-refractivity contribution in [3.8, 4) is 0 Å². The predicted molar refractivity (Wildman–Crippen MR) is 46.4 cm³/mol. The van der Waals surface area contributed by atoms with Gasteiger partial charge in [0, 0.05) is 12.1 Å². The molecule has 2 nitrogen and oxygen atoms in total. The summed E-state index contributed by atoms with van der Waals surface area (Å²) in [5.74, 6) is 1.34. The van der Waals surface area contributed by atoms with E-state index in [-0.39, 0.29) is 0 Å². The van der Waals surface area contributed by atoms with Crippen molar-refractivity contribution in [3.63, 3.8) is 0 Å². The van der Waals surface area contributed by atoms with Gasteiger partial charge in [-0.1, -0.05) is 20.8 Å². The summed E-state index contributed by atoms with van der Waals surface area (Å²) in [5.41, 5.74) is 1.45. The van der Waals surface area contributed by atoms with Crippen LogP contribution in [0.15, 0.2) is 22.0 Å². The quantitative estimate of drug-likeness (QED) is 0.581. The van der Waals surface area contributed by atoms with Crippen LogP contribution in [0, 0.1) is 11.8 Å². The molecule has 1 aliphatic rings. The van der Waals surface area contributed by atoms with Gasteiger partial charge in [-0.25, -0.2) is 0 Å². The molecule has 1 aliphatic heterocycles. The van der Waals surface area contributed by atoms with Crippen molar-refractivity contribution in [2.24, 2.45) is 22.1 Å². The van der Waals surface area contributed by atoms with E-state index in [2.05, 4.69) is 31.0 Å². The Balaban J connectivity index is 2.54. The van der Waals surface area contributed by atoms with Gasteiger partial charge < -0.3 is 0 Å². The Morgan fingerprint density at radius 3 is 2.91 bits per heavy atom. The SMILES string of the molecule is CC(C)CC1=CN=NCC1C. The molecule has 62 valence electrons. The summed E-state index contributed by atoms with van der Waals surface area (Å²) in [4.78, 5) is 0. The summed E-state index contributed by atoms with van der Waals surface area (Å²) in [5, 5.41) is 7.89. The fraction of sp³-hybridized carbons (Fsp3) is 0.778. The lowest BCUT2D eigenvalue weighted by atomic mass is 9.93. The molecule has 0 aliphatic carbocycles. The third-order valence-corrected chi connectivity index (χ3v) is 1.94. The highest BCUT2D eigenvalue weighted by atomic mass is 15.1. The Kier molecular flexibility index (Phi) is 2.80. The number of hydrogen-bond acceptors (Lipinski definition) is 2. The molecule has 0 amide bonds. The second-order valence-electron chi connectivity index (χ2n) is 3.64. The lowest BCUT2D eigenvalue weighted by Gasteiger charge is -2.16. The Morgan fingerprint density at radius 2 is 2.36 bits per heavy atom. The maximum atomic E-state index is 3.96. The van der Waals surface area contributed by atoms with Gasteiger partial charge in [0.1, 0.15) is 0 Å². The lowest BCUT2D eigenvalue weighted by Crippen LogP contribution is -2.08. The number of hydrogen-bond donors (Lipinski definition) is 0. The molecule has 0 saturated heterocycles. The van der Waals surface area contributed by atoms with Gasteiger partial charge in [0.2, 0.25) is 0 Å². The van der Waals surface area contributed by atoms with Gasteiger partial charge >= 0.3 is 0 Å². The molecular weight excluding hydrogens is 136 g/mol. The highest BCUT2D eigenvalue weighted by molar-refractivity contribution is 5.07. The van der Waals surface area contributed by atoms with Gasteiger partial charge in [0.05, 0.1) is 6.54 Å². The van der Waals surface area contributed by atoms with Crippen LogP contribution in [0.3, 0.4) is 0 Å². The number of rotatable bonds is 2. The highest BCUT2D eigenvalue weighted by Crippen LogP contribution is 2.22. The molecule has 11 heavy (non-hydrogen) atoms. The molecule has 0 bridgehead atoms. The molecular formula is C9H16N2. The average molecular weight is 152 g/mol. The second kappa shape index (κ2) is 3.65. The van der Waals surface area contributed by atoms with E-state index in [1.807, 2.05) is 6.20 Å². The third-order valence-electron chi connectivity index (χ3n) is 1.94. The fourth-order valence-electron chi connectivity index (χ4n) is 1.25. The summed E-state index contributed by atoms with van der Waals surface area (Å²) in [7, 11) is 0. The van der Waals surface area contributed by atoms with Crippen molar-refractivity contribution in [1.82, 2.24) is 0 Å². The molecule has 0 radical (unpaired) electrons. The van der Waals surface area contributed by atoms with Crippen LogP contribution < -0.4 is 0 Å². The van der Waals surface area contributed by atoms with Crippen LogP contribution in [-0.2, 0) is 0 Å². The van der Waals surface area contributed by atoms with Crippen LogP contribution in [-0.4, -0.2) is 6.54 Å². The maximum absolute atomic E-state index is 3.96. The lowest BCUT2D eigenvalue weighted by molar-refractivity contribution is 0.549. The minimum absolute atomic E-state index is 0.606. The largest absolute Gasteiger partial charge is 0.189 e. The number of azo groups is 1. The van der Waals surface area contributed by atoms with Gasteiger partial charge in [0.25, 0.3) is 0 Å². The normalized spacial score (nSPS) is 24.0. The first-order valence-electron chi connectivity index (χ1n) is 4.25. The van der Waals surface area contributed by atoms with Crippen molar-refractivity contribution in [1.29, 1.82) is 0 Å². The summed E-state index contributed by atoms with van der Waals surface area (Å²) in [6, 6.07) is 0. The van der Waals surface area contributed by atoms with Crippen LogP contribution in [0.1, 0.15) is 27.2 Å². The zero-order chi connectivity index (χ0) is 8.27. The summed E-state index contributed by atoms with van der Waals surface area (Å²) < 4.78 is 0. The highest BCUT2D eigenvalue weighted by Gasteiger charge is 2.12. The zero-order valence-electron chi connectivity index (χ0n) is 7.54. The monoisotopic (exact) mass is 152 g/mol. The van der Waals surface area contributed by atoms with Crippen molar-refractivity contribution < 1.29 is 0 Å². The minimum atomic E-state index is 0.606. The molecule has 2 heteroatoms. The Hall–Kier alpha value is -0.660. The molecule has 0 fully saturated rings. The van der Waals surface area contributed by atoms with Crippen LogP contribution in [0.5, 0.6) is 0 Å². The molecule has 1 unspecified atom stereocenters. The molecule has 0 aromatic carbocycles. The summed E-state index contributed by atoms with van der Waals surface area (Å²) >= 11 is 0. The van der Waals surface area contributed by atoms with Crippen molar-refractivity contribution in [2.75, 3.05) is 6.54 Å². The van der Waals surface area contributed by atoms with Gasteiger partial charge in [-0.05, 0) is 17.9 Å². The van der Waals surface area contributed by atoms with E-state index in [0.717, 1.165) is 12.5 Å². The Morgan fingerprint density at radius 1 is 1.64 bits per heavy atom. The zero-order valence-corrected chi connectivity index (χ0v) is 7.54. The Labute approximate surface area is 68.4 Å². The summed E-state index contributed by atoms with van der Waals surface area (Å²) in [6.07, 6.45) is 3.09. The van der Waals surface area contributed by atoms with E-state index in [0.29, 0.717) is 5.92 Å². The van der Waals surface area contributed by atoms with E-state index in [9.17, 15) is 0 Å². The van der Waals surface area contributed by atoms with Crippen LogP contribution in [0.4, 0.5) is 0 Å². The predicted octanol–water partition coefficient (Wildman–Crippen LogP) is 3.02. The fourth-order valence-corrected chi connectivity index (χ4v) is 1.25. The van der Waals surface area contributed by atoms with E-state index in [4.69, 9.17) is 0 Å². The van der Waals surface area contributed by atoms with Crippen LogP contribution in [0.25, 0.3) is 0 Å². The van der Waals surface area contributed by atoms with Gasteiger partial charge in [0.15, 0.2) is 0 Å². The molecule has 1 rings (SSSR count). The van der Waals surface area contributed by atoms with E-state index >= 15 is 0 Å². The van der Waals surface area contributed by atoms with Crippen molar-refractivity contribution in [3.05, 3.63) is 11.8 Å². The van der Waals surface area contributed by atoms with E-state index < -0.39 is 0 Å². The molecule has 1 heterocycles. The average Bonchev–Trinajstić information content (AvgIpc) is 1.93. The minimum Gasteiger partial charge on any atom is -0.189 e. The molecule has 0 spiro atoms. The molecule has 0 N–H and O–H groups in total. The molecule has 0 saturated carbocycles. The third kappa shape index (κ3) is 2.45. The van der Waals surface area contributed by atoms with Gasteiger partial charge in [-0.2, -0.15) is 10.2 Å². The maximum Gasteiger partial charge on any atom is 0.0666 e. The van der Waals surface area contributed by atoms with Gasteiger partial charge in [-0.3, -0.25) is 0 Å². The Bertz CT molecular complexity index is 180. The summed E-state index contributed by atoms with van der Waals surface area (Å²) in [6.45, 7) is 7.56. The van der Waals surface area contributed by atoms with Crippen LogP contribution in [0.2, 0.25) is 0 Å². The molecule has 0 aromatic rings. The van der Waals surface area contributed by atoms with E-state index in [1.165, 1.54) is 12.0 Å². The van der Waals surface area contributed by atoms with Crippen molar-refractivity contribution >= 4 is 0 Å². The topological polar surface area (TPSA) is 24.7 Å². The van der Waals surface area contributed by atoms with Gasteiger partial charge in [-0.15, -0.1) is 0 Å². The second-order valence-corrected chi connectivity index (χ2v) is 3.64. The first-order valence-corrected chi connectivity index (χ1v) is 4.25. The first kappa shape index (κ1) is 8.44. The smallest absolute Gasteiger partial charge is 0.0666 e. The first-order chi connectivity index (χ1) is 5.20. The van der Waals surface area contributed by atoms with Crippen molar-refractivity contribution in [2.45, 2.75) is 27.2 Å². The van der Waals surface area contributed by atoms with Crippen LogP contribution >= 0.6 is 0 Å². The van der Waals surface area contributed by atoms with E-state index in [1.54, 1.807) is 0 Å². The number of nitrogens with zero attached hydrogens (tertiary/aromatic N) is 2. The molecule has 1 atom stereocenters. The standard InChI is InChI=1S/C9H16N2/c1-7(2)4-9-6-11-10-5-8(9)3/h6-8H,4-5H2,1-3H3. The molecule has 0 aromatic heterocycles.